The van der Waals surface area contributed by atoms with Gasteiger partial charge in [-0.1, -0.05) is 60.7 Å². The van der Waals surface area contributed by atoms with Gasteiger partial charge in [-0.2, -0.15) is 0 Å². The highest BCUT2D eigenvalue weighted by atomic mass is 32.2. The van der Waals surface area contributed by atoms with Crippen molar-refractivity contribution in [3.63, 3.8) is 0 Å². The van der Waals surface area contributed by atoms with Gasteiger partial charge in [0.05, 0.1) is 10.9 Å². The molecule has 27 heavy (non-hydrogen) atoms. The normalized spacial score (nSPS) is 12.4. The van der Waals surface area contributed by atoms with Crippen molar-refractivity contribution in [2.24, 2.45) is 0 Å². The summed E-state index contributed by atoms with van der Waals surface area (Å²) >= 11 is 0. The van der Waals surface area contributed by atoms with Gasteiger partial charge in [-0.05, 0) is 41.8 Å². The Morgan fingerprint density at radius 3 is 2.11 bits per heavy atom. The van der Waals surface area contributed by atoms with E-state index in [-0.39, 0.29) is 16.8 Å². The average Bonchev–Trinajstić information content (AvgIpc) is 2.68. The summed E-state index contributed by atoms with van der Waals surface area (Å²) in [6, 6.07) is 24.0. The van der Waals surface area contributed by atoms with Crippen molar-refractivity contribution in [2.75, 3.05) is 6.26 Å². The lowest BCUT2D eigenvalue weighted by molar-refractivity contribution is 0.0939. The Bertz CT molecular complexity index is 1040. The van der Waals surface area contributed by atoms with Crippen LogP contribution in [-0.2, 0) is 9.84 Å². The monoisotopic (exact) mass is 379 g/mol. The van der Waals surface area contributed by atoms with Gasteiger partial charge in [-0.3, -0.25) is 4.79 Å². The number of rotatable bonds is 5. The first-order valence-electron chi connectivity index (χ1n) is 8.61. The van der Waals surface area contributed by atoms with Gasteiger partial charge in [0.25, 0.3) is 5.91 Å². The van der Waals surface area contributed by atoms with Crippen molar-refractivity contribution in [3.05, 3.63) is 90.0 Å². The topological polar surface area (TPSA) is 63.2 Å². The van der Waals surface area contributed by atoms with Crippen LogP contribution in [0.15, 0.2) is 83.8 Å². The van der Waals surface area contributed by atoms with E-state index >= 15 is 0 Å². The first kappa shape index (κ1) is 18.9. The molecule has 0 saturated carbocycles. The fraction of sp³-hybridized carbons (Fsp3) is 0.136. The molecule has 4 nitrogen and oxygen atoms in total. The van der Waals surface area contributed by atoms with Gasteiger partial charge in [-0.25, -0.2) is 8.42 Å². The second-order valence-corrected chi connectivity index (χ2v) is 8.50. The third-order valence-corrected chi connectivity index (χ3v) is 5.50. The lowest BCUT2D eigenvalue weighted by Crippen LogP contribution is -2.26. The van der Waals surface area contributed by atoms with Crippen molar-refractivity contribution in [2.45, 2.75) is 17.9 Å². The number of hydrogen-bond donors (Lipinski definition) is 1. The van der Waals surface area contributed by atoms with Crippen LogP contribution in [0.3, 0.4) is 0 Å². The van der Waals surface area contributed by atoms with Gasteiger partial charge in [0.2, 0.25) is 0 Å². The maximum atomic E-state index is 12.5. The molecule has 1 unspecified atom stereocenters. The lowest BCUT2D eigenvalue weighted by Gasteiger charge is -2.15. The number of nitrogens with one attached hydrogen (secondary N) is 1. The van der Waals surface area contributed by atoms with Crippen LogP contribution in [0.25, 0.3) is 11.1 Å². The van der Waals surface area contributed by atoms with Crippen LogP contribution >= 0.6 is 0 Å². The third kappa shape index (κ3) is 4.63. The molecule has 1 amide bonds. The van der Waals surface area contributed by atoms with Gasteiger partial charge in [-0.15, -0.1) is 0 Å². The molecule has 0 heterocycles. The summed E-state index contributed by atoms with van der Waals surface area (Å²) in [5, 5.41) is 2.92. The average molecular weight is 379 g/mol. The van der Waals surface area contributed by atoms with E-state index < -0.39 is 9.84 Å². The van der Waals surface area contributed by atoms with Crippen molar-refractivity contribution in [3.8, 4) is 11.1 Å². The van der Waals surface area contributed by atoms with E-state index in [1.807, 2.05) is 49.4 Å². The number of hydrogen-bond acceptors (Lipinski definition) is 3. The van der Waals surface area contributed by atoms with Crippen LogP contribution in [0.1, 0.15) is 28.9 Å². The molecule has 138 valence electrons. The number of sulfone groups is 1. The minimum Gasteiger partial charge on any atom is -0.346 e. The standard InChI is InChI=1S/C22H21NO3S/c1-16(17-11-13-19(14-12-17)18-7-4-3-5-8-18)23-22(24)20-9-6-10-21(15-20)27(2,25)26/h3-16H,1-2H3,(H,23,24). The van der Waals surface area contributed by atoms with E-state index in [2.05, 4.69) is 17.4 Å². The largest absolute Gasteiger partial charge is 0.346 e. The SMILES string of the molecule is CC(NC(=O)c1cccc(S(C)(=O)=O)c1)c1ccc(-c2ccccc2)cc1. The van der Waals surface area contributed by atoms with Crippen LogP contribution in [-0.4, -0.2) is 20.6 Å². The van der Waals surface area contributed by atoms with E-state index in [4.69, 9.17) is 0 Å². The summed E-state index contributed by atoms with van der Waals surface area (Å²) in [6.45, 7) is 1.90. The predicted molar refractivity (Wildman–Crippen MR) is 107 cm³/mol. The van der Waals surface area contributed by atoms with E-state index in [0.717, 1.165) is 22.9 Å². The fourth-order valence-corrected chi connectivity index (χ4v) is 3.49. The van der Waals surface area contributed by atoms with E-state index in [1.165, 1.54) is 12.1 Å². The van der Waals surface area contributed by atoms with Crippen LogP contribution < -0.4 is 5.32 Å². The summed E-state index contributed by atoms with van der Waals surface area (Å²) in [6.07, 6.45) is 1.13. The lowest BCUT2D eigenvalue weighted by atomic mass is 10.0. The zero-order valence-corrected chi connectivity index (χ0v) is 16.0. The molecule has 0 aliphatic carbocycles. The van der Waals surface area contributed by atoms with Crippen molar-refractivity contribution in [1.82, 2.24) is 5.32 Å². The molecule has 0 fully saturated rings. The van der Waals surface area contributed by atoms with Crippen LogP contribution in [0, 0.1) is 0 Å². The molecule has 0 bridgehead atoms. The summed E-state index contributed by atoms with van der Waals surface area (Å²) in [5.74, 6) is -0.305. The van der Waals surface area contributed by atoms with Gasteiger partial charge in [0.15, 0.2) is 9.84 Å². The number of carbonyl (C=O) groups is 1. The maximum absolute atomic E-state index is 12.5. The highest BCUT2D eigenvalue weighted by molar-refractivity contribution is 7.90. The molecule has 1 atom stereocenters. The Labute approximate surface area is 159 Å². The number of amides is 1. The Morgan fingerprint density at radius 2 is 1.48 bits per heavy atom. The first-order valence-corrected chi connectivity index (χ1v) is 10.5. The van der Waals surface area contributed by atoms with Crippen molar-refractivity contribution >= 4 is 15.7 Å². The van der Waals surface area contributed by atoms with Crippen LogP contribution in [0.4, 0.5) is 0 Å². The molecule has 0 aromatic heterocycles. The van der Waals surface area contributed by atoms with E-state index in [0.29, 0.717) is 5.56 Å². The molecular weight excluding hydrogens is 358 g/mol. The van der Waals surface area contributed by atoms with Gasteiger partial charge >= 0.3 is 0 Å². The zero-order valence-electron chi connectivity index (χ0n) is 15.2. The van der Waals surface area contributed by atoms with Gasteiger partial charge in [0.1, 0.15) is 0 Å². The molecule has 0 saturated heterocycles. The molecule has 5 heteroatoms. The summed E-state index contributed by atoms with van der Waals surface area (Å²) in [7, 11) is -3.35. The maximum Gasteiger partial charge on any atom is 0.251 e. The molecule has 3 aromatic rings. The first-order chi connectivity index (χ1) is 12.8. The van der Waals surface area contributed by atoms with E-state index in [9.17, 15) is 13.2 Å². The molecule has 0 spiro atoms. The number of benzene rings is 3. The summed E-state index contributed by atoms with van der Waals surface area (Å²) in [5.41, 5.74) is 3.55. The number of carbonyl (C=O) groups excluding carboxylic acids is 1. The molecule has 3 aromatic carbocycles. The highest BCUT2D eigenvalue weighted by Gasteiger charge is 2.14. The predicted octanol–water partition coefficient (Wildman–Crippen LogP) is 4.25. The quantitative estimate of drug-likeness (QED) is 0.721. The summed E-state index contributed by atoms with van der Waals surface area (Å²) in [4.78, 5) is 12.6. The minimum atomic E-state index is -3.35. The molecular formula is C22H21NO3S. The smallest absolute Gasteiger partial charge is 0.251 e. The Hall–Kier alpha value is -2.92. The molecule has 0 radical (unpaired) electrons. The second-order valence-electron chi connectivity index (χ2n) is 6.48. The van der Waals surface area contributed by atoms with Crippen LogP contribution in [0.5, 0.6) is 0 Å². The molecule has 0 aliphatic heterocycles. The Balaban J connectivity index is 1.73. The Morgan fingerprint density at radius 1 is 0.852 bits per heavy atom. The Kier molecular flexibility index (Phi) is 5.42. The third-order valence-electron chi connectivity index (χ3n) is 4.39. The minimum absolute atomic E-state index is 0.134. The second kappa shape index (κ2) is 7.76. The van der Waals surface area contributed by atoms with Gasteiger partial charge in [0, 0.05) is 11.8 Å². The zero-order chi connectivity index (χ0) is 19.4. The van der Waals surface area contributed by atoms with Gasteiger partial charge < -0.3 is 5.32 Å². The molecule has 0 aliphatic rings. The van der Waals surface area contributed by atoms with Crippen molar-refractivity contribution < 1.29 is 13.2 Å². The molecule has 3 rings (SSSR count). The van der Waals surface area contributed by atoms with Crippen molar-refractivity contribution in [1.29, 1.82) is 0 Å². The van der Waals surface area contributed by atoms with Crippen LogP contribution in [0.2, 0.25) is 0 Å². The highest BCUT2D eigenvalue weighted by Crippen LogP contribution is 2.22. The van der Waals surface area contributed by atoms with E-state index in [1.54, 1.807) is 12.1 Å². The molecule has 1 N–H and O–H groups in total. The fourth-order valence-electron chi connectivity index (χ4n) is 2.83. The summed E-state index contributed by atoms with van der Waals surface area (Å²) < 4.78 is 23.3.